The van der Waals surface area contributed by atoms with Gasteiger partial charge in [-0.25, -0.2) is 9.78 Å². The minimum atomic E-state index is -1.09. The Morgan fingerprint density at radius 2 is 1.89 bits per heavy atom. The van der Waals surface area contributed by atoms with Crippen molar-refractivity contribution in [1.29, 1.82) is 0 Å². The van der Waals surface area contributed by atoms with Crippen molar-refractivity contribution in [2.45, 2.75) is 12.0 Å². The van der Waals surface area contributed by atoms with Crippen LogP contribution in [-0.4, -0.2) is 47.5 Å². The molecule has 9 nitrogen and oxygen atoms in total. The fraction of sp³-hybridized carbons (Fsp3) is 0.179. The number of amides is 1. The third-order valence-corrected chi connectivity index (χ3v) is 5.95. The number of rotatable bonds is 9. The van der Waals surface area contributed by atoms with E-state index >= 15 is 0 Å². The van der Waals surface area contributed by atoms with Gasteiger partial charge in [-0.1, -0.05) is 48.6 Å². The number of hydrogen-bond donors (Lipinski definition) is 2. The predicted molar refractivity (Wildman–Crippen MR) is 134 cm³/mol. The van der Waals surface area contributed by atoms with Crippen molar-refractivity contribution >= 4 is 17.4 Å². The molecule has 2 aliphatic rings. The van der Waals surface area contributed by atoms with Crippen LogP contribution in [0.25, 0.3) is 5.57 Å². The first-order valence-electron chi connectivity index (χ1n) is 11.6. The molecule has 2 heterocycles. The summed E-state index contributed by atoms with van der Waals surface area (Å²) >= 11 is 0. The van der Waals surface area contributed by atoms with E-state index in [2.05, 4.69) is 10.3 Å². The highest BCUT2D eigenvalue weighted by molar-refractivity contribution is 5.96. The Kier molecular flexibility index (Phi) is 6.87. The molecule has 0 bridgehead atoms. The zero-order valence-corrected chi connectivity index (χ0v) is 19.8. The molecule has 0 fully saturated rings. The third kappa shape index (κ3) is 5.62. The van der Waals surface area contributed by atoms with E-state index < -0.39 is 24.1 Å². The standard InChI is InChI=1S/C28H24N2O7/c31-25(32)16-36-28(12-10-20(11-13-28)19-5-2-1-3-6-19)17-30-26(33)22-7-4-14-29-27(22)37-21-8-9-23-24(15-21)35-18-34-23/h1-12,14-15H,13,16-18H2,(H,30,33)(H,31,32). The van der Waals surface area contributed by atoms with Gasteiger partial charge in [0.15, 0.2) is 11.5 Å². The summed E-state index contributed by atoms with van der Waals surface area (Å²) in [4.78, 5) is 28.6. The van der Waals surface area contributed by atoms with E-state index in [1.54, 1.807) is 36.4 Å². The second kappa shape index (κ2) is 10.5. The number of carbonyl (C=O) groups excluding carboxylic acids is 1. The molecule has 0 spiro atoms. The minimum absolute atomic E-state index is 0.0482. The van der Waals surface area contributed by atoms with Gasteiger partial charge < -0.3 is 29.4 Å². The highest BCUT2D eigenvalue weighted by atomic mass is 16.7. The highest BCUT2D eigenvalue weighted by Crippen LogP contribution is 2.37. The number of fused-ring (bicyclic) bond motifs is 1. The fourth-order valence-corrected chi connectivity index (χ4v) is 4.02. The van der Waals surface area contributed by atoms with Crippen LogP contribution < -0.4 is 19.5 Å². The maximum absolute atomic E-state index is 13.2. The van der Waals surface area contributed by atoms with Gasteiger partial charge in [-0.05, 0) is 35.4 Å². The number of allylic oxidation sites excluding steroid dienone is 2. The summed E-state index contributed by atoms with van der Waals surface area (Å²) in [6.45, 7) is -0.315. The van der Waals surface area contributed by atoms with Crippen molar-refractivity contribution in [3.8, 4) is 23.1 Å². The molecule has 37 heavy (non-hydrogen) atoms. The quantitative estimate of drug-likeness (QED) is 0.449. The SMILES string of the molecule is O=C(O)COC1(CNC(=O)c2cccnc2Oc2ccc3c(c2)OCO3)C=CC(c2ccccc2)=CC1. The summed E-state index contributed by atoms with van der Waals surface area (Å²) in [6.07, 6.45) is 7.56. The average Bonchev–Trinajstić information content (AvgIpc) is 3.40. The lowest BCUT2D eigenvalue weighted by Crippen LogP contribution is -2.45. The number of hydrogen-bond acceptors (Lipinski definition) is 7. The predicted octanol–water partition coefficient (Wildman–Crippen LogP) is 4.22. The smallest absolute Gasteiger partial charge is 0.329 e. The Labute approximate surface area is 213 Å². The van der Waals surface area contributed by atoms with Crippen LogP contribution in [-0.2, 0) is 9.53 Å². The van der Waals surface area contributed by atoms with Gasteiger partial charge in [-0.2, -0.15) is 0 Å². The second-order valence-electron chi connectivity index (χ2n) is 8.47. The lowest BCUT2D eigenvalue weighted by atomic mass is 9.89. The van der Waals surface area contributed by atoms with Gasteiger partial charge in [0.25, 0.3) is 5.91 Å². The van der Waals surface area contributed by atoms with Gasteiger partial charge in [-0.15, -0.1) is 0 Å². The molecule has 2 N–H and O–H groups in total. The first-order valence-corrected chi connectivity index (χ1v) is 11.6. The molecule has 1 amide bonds. The van der Waals surface area contributed by atoms with Crippen LogP contribution in [0, 0.1) is 0 Å². The molecule has 2 aromatic carbocycles. The van der Waals surface area contributed by atoms with Crippen molar-refractivity contribution in [3.05, 3.63) is 96.2 Å². The number of aromatic nitrogens is 1. The summed E-state index contributed by atoms with van der Waals surface area (Å²) in [5.41, 5.74) is 1.23. The maximum atomic E-state index is 13.2. The van der Waals surface area contributed by atoms with Gasteiger partial charge in [0.05, 0.1) is 6.54 Å². The van der Waals surface area contributed by atoms with E-state index in [0.717, 1.165) is 11.1 Å². The maximum Gasteiger partial charge on any atom is 0.329 e. The number of aliphatic carboxylic acids is 1. The molecular weight excluding hydrogens is 476 g/mol. The van der Waals surface area contributed by atoms with Crippen LogP contribution >= 0.6 is 0 Å². The molecule has 0 saturated carbocycles. The molecule has 0 radical (unpaired) electrons. The second-order valence-corrected chi connectivity index (χ2v) is 8.47. The summed E-state index contributed by atoms with van der Waals surface area (Å²) in [6, 6.07) is 18.1. The Hall–Kier alpha value is -4.63. The summed E-state index contributed by atoms with van der Waals surface area (Å²) in [5.74, 6) is 0.181. The summed E-state index contributed by atoms with van der Waals surface area (Å²) < 4.78 is 22.3. The van der Waals surface area contributed by atoms with Gasteiger partial charge in [0.2, 0.25) is 12.7 Å². The van der Waals surface area contributed by atoms with Crippen LogP contribution in [0.5, 0.6) is 23.1 Å². The molecule has 5 rings (SSSR count). The fourth-order valence-electron chi connectivity index (χ4n) is 4.02. The Balaban J connectivity index is 1.30. The molecule has 3 aromatic rings. The van der Waals surface area contributed by atoms with Crippen LogP contribution in [0.15, 0.2) is 85.1 Å². The van der Waals surface area contributed by atoms with E-state index in [4.69, 9.17) is 18.9 Å². The number of carbonyl (C=O) groups is 2. The summed E-state index contributed by atoms with van der Waals surface area (Å²) in [7, 11) is 0. The van der Waals surface area contributed by atoms with Crippen LogP contribution in [0.2, 0.25) is 0 Å². The minimum Gasteiger partial charge on any atom is -0.480 e. The van der Waals surface area contributed by atoms with Crippen LogP contribution in [0.3, 0.4) is 0 Å². The monoisotopic (exact) mass is 500 g/mol. The first kappa shape index (κ1) is 24.1. The van der Waals surface area contributed by atoms with E-state index in [0.29, 0.717) is 23.7 Å². The van der Waals surface area contributed by atoms with Crippen molar-refractivity contribution in [1.82, 2.24) is 10.3 Å². The van der Waals surface area contributed by atoms with E-state index in [-0.39, 0.29) is 24.8 Å². The molecule has 1 aliphatic heterocycles. The van der Waals surface area contributed by atoms with Crippen molar-refractivity contribution in [3.63, 3.8) is 0 Å². The van der Waals surface area contributed by atoms with E-state index in [9.17, 15) is 14.7 Å². The molecule has 188 valence electrons. The number of carboxylic acids is 1. The molecule has 1 atom stereocenters. The number of benzene rings is 2. The zero-order chi connectivity index (χ0) is 25.7. The lowest BCUT2D eigenvalue weighted by molar-refractivity contribution is -0.147. The molecule has 1 aliphatic carbocycles. The third-order valence-electron chi connectivity index (χ3n) is 5.95. The number of carboxylic acid groups (broad SMARTS) is 1. The molecule has 1 aromatic heterocycles. The van der Waals surface area contributed by atoms with Gasteiger partial charge in [0.1, 0.15) is 23.5 Å². The Morgan fingerprint density at radius 3 is 2.68 bits per heavy atom. The summed E-state index contributed by atoms with van der Waals surface area (Å²) in [5, 5.41) is 12.0. The van der Waals surface area contributed by atoms with Crippen molar-refractivity contribution in [2.24, 2.45) is 0 Å². The lowest BCUT2D eigenvalue weighted by Gasteiger charge is -2.32. The first-order chi connectivity index (χ1) is 18.0. The van der Waals surface area contributed by atoms with E-state index in [1.165, 1.54) is 6.20 Å². The topological polar surface area (TPSA) is 116 Å². The molecular formula is C28H24N2O7. The molecule has 1 unspecified atom stereocenters. The number of pyridine rings is 1. The van der Waals surface area contributed by atoms with Gasteiger partial charge in [-0.3, -0.25) is 4.79 Å². The number of ether oxygens (including phenoxy) is 4. The Bertz CT molecular complexity index is 1370. The zero-order valence-electron chi connectivity index (χ0n) is 19.8. The van der Waals surface area contributed by atoms with E-state index in [1.807, 2.05) is 42.5 Å². The average molecular weight is 501 g/mol. The number of nitrogens with zero attached hydrogens (tertiary/aromatic N) is 1. The van der Waals surface area contributed by atoms with Gasteiger partial charge in [0, 0.05) is 18.7 Å². The molecule has 0 saturated heterocycles. The van der Waals surface area contributed by atoms with Crippen molar-refractivity contribution in [2.75, 3.05) is 19.9 Å². The van der Waals surface area contributed by atoms with Crippen LogP contribution in [0.4, 0.5) is 0 Å². The molecule has 9 heteroatoms. The van der Waals surface area contributed by atoms with Crippen molar-refractivity contribution < 1.29 is 33.6 Å². The largest absolute Gasteiger partial charge is 0.480 e. The normalized spacial score (nSPS) is 17.7. The van der Waals surface area contributed by atoms with Gasteiger partial charge >= 0.3 is 5.97 Å². The number of nitrogens with one attached hydrogen (secondary N) is 1. The van der Waals surface area contributed by atoms with Crippen LogP contribution in [0.1, 0.15) is 22.3 Å². The highest BCUT2D eigenvalue weighted by Gasteiger charge is 2.32. The Morgan fingerprint density at radius 1 is 1.05 bits per heavy atom.